The van der Waals surface area contributed by atoms with Gasteiger partial charge >= 0.3 is 0 Å². The molecule has 0 aromatic carbocycles. The second kappa shape index (κ2) is 8.41. The highest BCUT2D eigenvalue weighted by molar-refractivity contribution is 5.11. The molecule has 0 bridgehead atoms. The van der Waals surface area contributed by atoms with Crippen LogP contribution in [-0.2, 0) is 4.74 Å². The predicted octanol–water partition coefficient (Wildman–Crippen LogP) is 3.10. The van der Waals surface area contributed by atoms with Crippen LogP contribution in [0.3, 0.4) is 0 Å². The molecule has 0 fully saturated rings. The van der Waals surface area contributed by atoms with Crippen molar-refractivity contribution in [1.82, 2.24) is 0 Å². The topological polar surface area (TPSA) is 35.2 Å². The highest BCUT2D eigenvalue weighted by atomic mass is 19.3. The van der Waals surface area contributed by atoms with Gasteiger partial charge in [0.15, 0.2) is 0 Å². The van der Waals surface area contributed by atoms with Crippen LogP contribution in [0, 0.1) is 0 Å². The van der Waals surface area contributed by atoms with Crippen LogP contribution in [0.1, 0.15) is 27.7 Å². The third-order valence-corrected chi connectivity index (χ3v) is 1.59. The summed E-state index contributed by atoms with van der Waals surface area (Å²) in [6.45, 7) is 10.6. The van der Waals surface area contributed by atoms with Crippen LogP contribution in [0.4, 0.5) is 8.78 Å². The molecule has 0 aliphatic rings. The Balaban J connectivity index is 0. The first-order valence-corrected chi connectivity index (χ1v) is 5.05. The van der Waals surface area contributed by atoms with Gasteiger partial charge in [-0.2, -0.15) is 8.78 Å². The molecule has 0 aliphatic heterocycles. The number of allylic oxidation sites excluding steroid dienone is 1. The first-order chi connectivity index (χ1) is 6.99. The van der Waals surface area contributed by atoms with E-state index in [-0.39, 0.29) is 5.76 Å². The number of hydrogen-bond acceptors (Lipinski definition) is 2. The second-order valence-corrected chi connectivity index (χ2v) is 2.48. The lowest BCUT2D eigenvalue weighted by Gasteiger charge is -2.22. The van der Waals surface area contributed by atoms with E-state index in [1.807, 2.05) is 13.8 Å². The molecule has 15 heavy (non-hydrogen) atoms. The number of nitrogens with two attached hydrogens (primary N) is 1. The van der Waals surface area contributed by atoms with Crippen LogP contribution in [0.2, 0.25) is 0 Å². The molecule has 0 spiro atoms. The van der Waals surface area contributed by atoms with Gasteiger partial charge in [-0.15, -0.1) is 0 Å². The number of rotatable bonds is 5. The summed E-state index contributed by atoms with van der Waals surface area (Å²) in [4.78, 5) is 0. The molecule has 0 amide bonds. The van der Waals surface area contributed by atoms with Gasteiger partial charge in [0.25, 0.3) is 5.92 Å². The minimum atomic E-state index is -3.13. The fourth-order valence-electron chi connectivity index (χ4n) is 0.836. The highest BCUT2D eigenvalue weighted by Crippen LogP contribution is 2.23. The second-order valence-electron chi connectivity index (χ2n) is 2.48. The summed E-state index contributed by atoms with van der Waals surface area (Å²) in [6.07, 6.45) is 1.96. The largest absolute Gasteiger partial charge is 0.497 e. The quantitative estimate of drug-likeness (QED) is 0.572. The van der Waals surface area contributed by atoms with Crippen LogP contribution >= 0.6 is 0 Å². The van der Waals surface area contributed by atoms with E-state index in [4.69, 9.17) is 10.5 Å². The molecule has 90 valence electrons. The zero-order valence-corrected chi connectivity index (χ0v) is 9.89. The molecule has 1 atom stereocenters. The molecular weight excluding hydrogens is 200 g/mol. The number of ether oxygens (including phenoxy) is 1. The zero-order chi connectivity index (χ0) is 12.5. The van der Waals surface area contributed by atoms with E-state index in [0.29, 0.717) is 12.7 Å². The first-order valence-electron chi connectivity index (χ1n) is 5.05. The molecule has 2 N–H and O–H groups in total. The molecule has 0 rings (SSSR count). The maximum atomic E-state index is 12.9. The molecule has 0 aromatic heterocycles. The Morgan fingerprint density at radius 2 is 2.00 bits per heavy atom. The summed E-state index contributed by atoms with van der Waals surface area (Å²) in [5, 5.41) is 0. The molecule has 0 radical (unpaired) electrons. The lowest BCUT2D eigenvalue weighted by molar-refractivity contribution is 0.0173. The fourth-order valence-corrected chi connectivity index (χ4v) is 0.836. The van der Waals surface area contributed by atoms with Crippen molar-refractivity contribution in [1.29, 1.82) is 0 Å². The summed E-state index contributed by atoms with van der Waals surface area (Å²) < 4.78 is 30.8. The summed E-state index contributed by atoms with van der Waals surface area (Å²) >= 11 is 0. The van der Waals surface area contributed by atoms with Gasteiger partial charge in [0.05, 0.1) is 6.61 Å². The molecule has 0 aliphatic carbocycles. The molecule has 0 saturated heterocycles. The smallest absolute Gasteiger partial charge is 0.288 e. The third-order valence-electron chi connectivity index (χ3n) is 1.59. The van der Waals surface area contributed by atoms with E-state index in [2.05, 4.69) is 6.58 Å². The van der Waals surface area contributed by atoms with Crippen molar-refractivity contribution in [3.05, 3.63) is 24.5 Å². The van der Waals surface area contributed by atoms with Crippen LogP contribution in [0.15, 0.2) is 24.5 Å². The number of alkyl halides is 2. The standard InChI is InChI=1S/C9H15F2NO.C2H6/c1-4-7(13-6-3)8(12)9(10,11)5-2;1-2/h4-5,8H,2,6,12H2,1,3H3;1-2H3/b7-4-;. The molecule has 0 saturated carbocycles. The number of hydrogen-bond donors (Lipinski definition) is 1. The van der Waals surface area contributed by atoms with Gasteiger partial charge in [0.1, 0.15) is 11.8 Å². The predicted molar refractivity (Wildman–Crippen MR) is 59.9 cm³/mol. The van der Waals surface area contributed by atoms with Crippen molar-refractivity contribution in [3.63, 3.8) is 0 Å². The average molecular weight is 221 g/mol. The van der Waals surface area contributed by atoms with Gasteiger partial charge in [-0.3, -0.25) is 0 Å². The Kier molecular flexibility index (Phi) is 9.27. The van der Waals surface area contributed by atoms with Crippen molar-refractivity contribution < 1.29 is 13.5 Å². The third kappa shape index (κ3) is 5.52. The van der Waals surface area contributed by atoms with Crippen molar-refractivity contribution in [3.8, 4) is 0 Å². The van der Waals surface area contributed by atoms with Gasteiger partial charge in [-0.25, -0.2) is 0 Å². The minimum Gasteiger partial charge on any atom is -0.497 e. The monoisotopic (exact) mass is 221 g/mol. The number of halogens is 2. The fraction of sp³-hybridized carbons (Fsp3) is 0.636. The first kappa shape index (κ1) is 16.5. The van der Waals surface area contributed by atoms with E-state index in [1.165, 1.54) is 6.08 Å². The Hall–Kier alpha value is -0.900. The SMILES string of the molecule is C=CC(F)(F)C(N)/C(=C/C)OCC.CC. The summed E-state index contributed by atoms with van der Waals surface area (Å²) in [7, 11) is 0. The van der Waals surface area contributed by atoms with Gasteiger partial charge in [-0.05, 0) is 26.0 Å². The molecular formula is C11H21F2NO. The van der Waals surface area contributed by atoms with Crippen LogP contribution in [0.25, 0.3) is 0 Å². The van der Waals surface area contributed by atoms with Crippen LogP contribution < -0.4 is 5.73 Å². The van der Waals surface area contributed by atoms with E-state index < -0.39 is 12.0 Å². The van der Waals surface area contributed by atoms with E-state index in [1.54, 1.807) is 13.8 Å². The summed E-state index contributed by atoms with van der Waals surface area (Å²) in [6, 6.07) is -1.45. The Morgan fingerprint density at radius 1 is 1.53 bits per heavy atom. The molecule has 0 aromatic rings. The Labute approximate surface area is 90.8 Å². The lowest BCUT2D eigenvalue weighted by atomic mass is 10.1. The molecule has 1 unspecified atom stereocenters. The van der Waals surface area contributed by atoms with Gasteiger partial charge < -0.3 is 10.5 Å². The lowest BCUT2D eigenvalue weighted by Crippen LogP contribution is -2.41. The zero-order valence-electron chi connectivity index (χ0n) is 9.89. The normalized spacial score (nSPS) is 13.7. The molecule has 0 heterocycles. The Bertz CT molecular complexity index is 203. The average Bonchev–Trinajstić information content (AvgIpc) is 2.27. The van der Waals surface area contributed by atoms with E-state index >= 15 is 0 Å². The van der Waals surface area contributed by atoms with Crippen molar-refractivity contribution in [2.24, 2.45) is 5.73 Å². The van der Waals surface area contributed by atoms with E-state index in [0.717, 1.165) is 0 Å². The molecule has 4 heteroatoms. The van der Waals surface area contributed by atoms with Crippen molar-refractivity contribution >= 4 is 0 Å². The highest BCUT2D eigenvalue weighted by Gasteiger charge is 2.36. The minimum absolute atomic E-state index is 0.0902. The summed E-state index contributed by atoms with van der Waals surface area (Å²) in [5.74, 6) is -3.04. The summed E-state index contributed by atoms with van der Waals surface area (Å²) in [5.41, 5.74) is 5.29. The molecule has 2 nitrogen and oxygen atoms in total. The van der Waals surface area contributed by atoms with Gasteiger partial charge in [0, 0.05) is 0 Å². The van der Waals surface area contributed by atoms with Crippen LogP contribution in [0.5, 0.6) is 0 Å². The Morgan fingerprint density at radius 3 is 2.27 bits per heavy atom. The van der Waals surface area contributed by atoms with Crippen molar-refractivity contribution in [2.45, 2.75) is 39.7 Å². The maximum absolute atomic E-state index is 12.9. The van der Waals surface area contributed by atoms with E-state index in [9.17, 15) is 8.78 Å². The van der Waals surface area contributed by atoms with Crippen LogP contribution in [-0.4, -0.2) is 18.6 Å². The van der Waals surface area contributed by atoms with Crippen molar-refractivity contribution in [2.75, 3.05) is 6.61 Å². The maximum Gasteiger partial charge on any atom is 0.288 e. The van der Waals surface area contributed by atoms with Gasteiger partial charge in [0.2, 0.25) is 0 Å². The van der Waals surface area contributed by atoms with Gasteiger partial charge in [-0.1, -0.05) is 20.4 Å².